The average molecular weight is 310 g/mol. The van der Waals surface area contributed by atoms with Crippen LogP contribution in [0.3, 0.4) is 0 Å². The Morgan fingerprint density at radius 2 is 1.95 bits per heavy atom. The van der Waals surface area contributed by atoms with E-state index in [1.54, 1.807) is 24.3 Å². The Kier molecular flexibility index (Phi) is 4.63. The number of nitro benzene ring substituents is 1. The van der Waals surface area contributed by atoms with Crippen LogP contribution in [0.4, 0.5) is 5.69 Å². The molecule has 1 unspecified atom stereocenters. The molecule has 0 aromatic heterocycles. The highest BCUT2D eigenvalue weighted by Gasteiger charge is 2.18. The standard InChI is InChI=1S/C15H13Cl2NO2/c1-10-8-12(16)6-7-13(10)14(17)9-11-4-2-3-5-15(11)18(19)20/h2-8,14H,9H2,1H3. The van der Waals surface area contributed by atoms with Crippen molar-refractivity contribution in [3.8, 4) is 0 Å². The van der Waals surface area contributed by atoms with Gasteiger partial charge in [0.25, 0.3) is 5.69 Å². The van der Waals surface area contributed by atoms with Crippen LogP contribution >= 0.6 is 23.2 Å². The lowest BCUT2D eigenvalue weighted by atomic mass is 9.99. The Bertz CT molecular complexity index is 644. The zero-order valence-corrected chi connectivity index (χ0v) is 12.4. The third kappa shape index (κ3) is 3.30. The minimum absolute atomic E-state index is 0.102. The van der Waals surface area contributed by atoms with Crippen molar-refractivity contribution in [3.05, 3.63) is 74.3 Å². The molecule has 20 heavy (non-hydrogen) atoms. The summed E-state index contributed by atoms with van der Waals surface area (Å²) >= 11 is 12.3. The second-order valence-electron chi connectivity index (χ2n) is 4.56. The zero-order valence-electron chi connectivity index (χ0n) is 10.8. The van der Waals surface area contributed by atoms with Crippen LogP contribution in [0, 0.1) is 17.0 Å². The zero-order chi connectivity index (χ0) is 14.7. The molecule has 0 amide bonds. The van der Waals surface area contributed by atoms with Gasteiger partial charge in [0.05, 0.1) is 10.3 Å². The number of hydrogen-bond acceptors (Lipinski definition) is 2. The maximum Gasteiger partial charge on any atom is 0.272 e. The van der Waals surface area contributed by atoms with Gasteiger partial charge >= 0.3 is 0 Å². The Balaban J connectivity index is 2.28. The predicted molar refractivity (Wildman–Crippen MR) is 81.6 cm³/mol. The number of nitrogens with zero attached hydrogens (tertiary/aromatic N) is 1. The van der Waals surface area contributed by atoms with E-state index in [0.717, 1.165) is 11.1 Å². The third-order valence-corrected chi connectivity index (χ3v) is 3.78. The molecule has 2 rings (SSSR count). The largest absolute Gasteiger partial charge is 0.272 e. The molecule has 0 fully saturated rings. The summed E-state index contributed by atoms with van der Waals surface area (Å²) in [5.41, 5.74) is 2.65. The van der Waals surface area contributed by atoms with Crippen LogP contribution in [0.25, 0.3) is 0 Å². The fourth-order valence-electron chi connectivity index (χ4n) is 2.16. The first kappa shape index (κ1) is 14.8. The van der Waals surface area contributed by atoms with E-state index in [1.165, 1.54) is 6.07 Å². The van der Waals surface area contributed by atoms with E-state index in [-0.39, 0.29) is 16.0 Å². The molecule has 0 saturated carbocycles. The number of rotatable bonds is 4. The van der Waals surface area contributed by atoms with Gasteiger partial charge in [0, 0.05) is 16.7 Å². The maximum atomic E-state index is 11.0. The second kappa shape index (κ2) is 6.25. The highest BCUT2D eigenvalue weighted by molar-refractivity contribution is 6.30. The molecule has 0 aliphatic heterocycles. The molecule has 2 aromatic carbocycles. The van der Waals surface area contributed by atoms with Crippen molar-refractivity contribution in [2.24, 2.45) is 0 Å². The summed E-state index contributed by atoms with van der Waals surface area (Å²) in [5, 5.41) is 11.3. The van der Waals surface area contributed by atoms with E-state index in [1.807, 2.05) is 19.1 Å². The van der Waals surface area contributed by atoms with Crippen molar-refractivity contribution < 1.29 is 4.92 Å². The van der Waals surface area contributed by atoms with E-state index < -0.39 is 0 Å². The van der Waals surface area contributed by atoms with Gasteiger partial charge in [0.1, 0.15) is 0 Å². The van der Waals surface area contributed by atoms with Crippen LogP contribution < -0.4 is 0 Å². The maximum absolute atomic E-state index is 11.0. The summed E-state index contributed by atoms with van der Waals surface area (Å²) in [6, 6.07) is 12.1. The number of para-hydroxylation sites is 1. The Hall–Kier alpha value is -1.58. The van der Waals surface area contributed by atoms with Crippen molar-refractivity contribution in [2.75, 3.05) is 0 Å². The van der Waals surface area contributed by atoms with Gasteiger partial charge in [-0.15, -0.1) is 11.6 Å². The van der Waals surface area contributed by atoms with Crippen molar-refractivity contribution in [3.63, 3.8) is 0 Å². The SMILES string of the molecule is Cc1cc(Cl)ccc1C(Cl)Cc1ccccc1[N+](=O)[O-]. The Labute approximate surface area is 127 Å². The van der Waals surface area contributed by atoms with Crippen LogP contribution in [0.2, 0.25) is 5.02 Å². The first-order valence-corrected chi connectivity index (χ1v) is 6.93. The van der Waals surface area contributed by atoms with Crippen LogP contribution in [-0.2, 0) is 6.42 Å². The van der Waals surface area contributed by atoms with Gasteiger partial charge in [-0.25, -0.2) is 0 Å². The van der Waals surface area contributed by atoms with E-state index in [4.69, 9.17) is 23.2 Å². The monoisotopic (exact) mass is 309 g/mol. The molecule has 0 radical (unpaired) electrons. The predicted octanol–water partition coefficient (Wildman–Crippen LogP) is 5.08. The summed E-state index contributed by atoms with van der Waals surface area (Å²) < 4.78 is 0. The van der Waals surface area contributed by atoms with E-state index in [2.05, 4.69) is 0 Å². The number of hydrogen-bond donors (Lipinski definition) is 0. The first-order valence-electron chi connectivity index (χ1n) is 6.11. The molecule has 3 nitrogen and oxygen atoms in total. The molecule has 0 spiro atoms. The van der Waals surface area contributed by atoms with Crippen LogP contribution in [0.5, 0.6) is 0 Å². The lowest BCUT2D eigenvalue weighted by Crippen LogP contribution is -2.01. The number of nitro groups is 1. The smallest absolute Gasteiger partial charge is 0.258 e. The van der Waals surface area contributed by atoms with Crippen molar-refractivity contribution in [1.82, 2.24) is 0 Å². The number of benzene rings is 2. The quantitative estimate of drug-likeness (QED) is 0.449. The summed E-state index contributed by atoms with van der Waals surface area (Å²) in [7, 11) is 0. The second-order valence-corrected chi connectivity index (χ2v) is 5.52. The molecular weight excluding hydrogens is 297 g/mol. The average Bonchev–Trinajstić information content (AvgIpc) is 2.38. The molecule has 0 saturated heterocycles. The van der Waals surface area contributed by atoms with Crippen LogP contribution in [0.15, 0.2) is 42.5 Å². The molecule has 0 heterocycles. The van der Waals surface area contributed by atoms with Gasteiger partial charge in [-0.3, -0.25) is 10.1 Å². The van der Waals surface area contributed by atoms with Crippen LogP contribution in [-0.4, -0.2) is 4.92 Å². The molecule has 5 heteroatoms. The summed E-state index contributed by atoms with van der Waals surface area (Å²) in [6.07, 6.45) is 0.404. The van der Waals surface area contributed by atoms with Gasteiger partial charge in [-0.1, -0.05) is 35.9 Å². The molecule has 0 bridgehead atoms. The van der Waals surface area contributed by atoms with Crippen molar-refractivity contribution in [1.29, 1.82) is 0 Å². The molecule has 0 aliphatic carbocycles. The minimum Gasteiger partial charge on any atom is -0.258 e. The summed E-state index contributed by atoms with van der Waals surface area (Å²) in [5.74, 6) is 0. The van der Waals surface area contributed by atoms with Gasteiger partial charge in [-0.2, -0.15) is 0 Å². The summed E-state index contributed by atoms with van der Waals surface area (Å²) in [6.45, 7) is 1.93. The first-order chi connectivity index (χ1) is 9.49. The summed E-state index contributed by atoms with van der Waals surface area (Å²) in [4.78, 5) is 10.6. The lowest BCUT2D eigenvalue weighted by molar-refractivity contribution is -0.385. The Morgan fingerprint density at radius 1 is 1.25 bits per heavy atom. The molecular formula is C15H13Cl2NO2. The van der Waals surface area contributed by atoms with E-state index in [0.29, 0.717) is 17.0 Å². The topological polar surface area (TPSA) is 43.1 Å². The van der Waals surface area contributed by atoms with E-state index >= 15 is 0 Å². The minimum atomic E-state index is -0.381. The van der Waals surface area contributed by atoms with Gasteiger partial charge < -0.3 is 0 Å². The number of alkyl halides is 1. The Morgan fingerprint density at radius 3 is 2.60 bits per heavy atom. The fraction of sp³-hybridized carbons (Fsp3) is 0.200. The molecule has 1 atom stereocenters. The normalized spacial score (nSPS) is 12.2. The fourth-order valence-corrected chi connectivity index (χ4v) is 2.79. The highest BCUT2D eigenvalue weighted by Crippen LogP contribution is 2.31. The molecule has 0 aliphatic rings. The molecule has 104 valence electrons. The van der Waals surface area contributed by atoms with Crippen molar-refractivity contribution in [2.45, 2.75) is 18.7 Å². The van der Waals surface area contributed by atoms with Gasteiger partial charge in [0.15, 0.2) is 0 Å². The number of halogens is 2. The third-order valence-electron chi connectivity index (χ3n) is 3.16. The lowest BCUT2D eigenvalue weighted by Gasteiger charge is -2.13. The van der Waals surface area contributed by atoms with E-state index in [9.17, 15) is 10.1 Å². The number of aryl methyl sites for hydroxylation is 1. The molecule has 0 N–H and O–H groups in total. The van der Waals surface area contributed by atoms with Gasteiger partial charge in [0.2, 0.25) is 0 Å². The van der Waals surface area contributed by atoms with Crippen LogP contribution in [0.1, 0.15) is 22.1 Å². The highest BCUT2D eigenvalue weighted by atomic mass is 35.5. The van der Waals surface area contributed by atoms with Crippen molar-refractivity contribution >= 4 is 28.9 Å². The van der Waals surface area contributed by atoms with Gasteiger partial charge in [-0.05, 0) is 36.6 Å². The molecule has 2 aromatic rings.